The van der Waals surface area contributed by atoms with Crippen LogP contribution in [-0.4, -0.2) is 19.1 Å². The summed E-state index contributed by atoms with van der Waals surface area (Å²) in [5.41, 5.74) is 1.83. The number of ether oxygens (including phenoxy) is 1. The van der Waals surface area contributed by atoms with Crippen LogP contribution in [0.3, 0.4) is 0 Å². The molecular formula is C13H17NO2. The molecule has 3 heteroatoms. The topological polar surface area (TPSA) is 38.3 Å². The van der Waals surface area contributed by atoms with Crippen LogP contribution < -0.4 is 10.1 Å². The van der Waals surface area contributed by atoms with Crippen LogP contribution in [0.1, 0.15) is 35.7 Å². The van der Waals surface area contributed by atoms with Crippen LogP contribution >= 0.6 is 0 Å². The maximum atomic E-state index is 11.5. The number of rotatable bonds is 4. The number of nitrogens with one attached hydrogen (secondary N) is 1. The third kappa shape index (κ3) is 2.35. The lowest BCUT2D eigenvalue weighted by molar-refractivity contribution is 0.0962. The number of amides is 1. The van der Waals surface area contributed by atoms with Gasteiger partial charge in [0.15, 0.2) is 0 Å². The fourth-order valence-corrected chi connectivity index (χ4v) is 1.61. The van der Waals surface area contributed by atoms with Gasteiger partial charge in [-0.05, 0) is 37.0 Å². The highest BCUT2D eigenvalue weighted by Gasteiger charge is 2.24. The van der Waals surface area contributed by atoms with Crippen LogP contribution in [0.2, 0.25) is 0 Å². The Morgan fingerprint density at radius 3 is 2.81 bits per heavy atom. The van der Waals surface area contributed by atoms with Gasteiger partial charge in [-0.15, -0.1) is 0 Å². The van der Waals surface area contributed by atoms with Gasteiger partial charge in [0.1, 0.15) is 5.75 Å². The van der Waals surface area contributed by atoms with E-state index in [0.717, 1.165) is 25.0 Å². The zero-order valence-corrected chi connectivity index (χ0v) is 9.75. The van der Waals surface area contributed by atoms with Crippen molar-refractivity contribution in [2.24, 2.45) is 0 Å². The Balaban J connectivity index is 2.25. The standard InChI is InChI=1S/C13H17NO2/c1-3-9-4-5-10(13(15)14-2)8-12(9)16-11-6-7-11/h4-5,8,11H,3,6-7H2,1-2H3,(H,14,15). The van der Waals surface area contributed by atoms with Crippen LogP contribution in [0.15, 0.2) is 18.2 Å². The smallest absolute Gasteiger partial charge is 0.251 e. The highest BCUT2D eigenvalue weighted by atomic mass is 16.5. The number of benzene rings is 1. The van der Waals surface area contributed by atoms with Crippen molar-refractivity contribution in [2.75, 3.05) is 7.05 Å². The number of carbonyl (C=O) groups is 1. The fraction of sp³-hybridized carbons (Fsp3) is 0.462. The van der Waals surface area contributed by atoms with Crippen molar-refractivity contribution in [2.45, 2.75) is 32.3 Å². The Morgan fingerprint density at radius 2 is 2.25 bits per heavy atom. The Hall–Kier alpha value is -1.51. The Bertz CT molecular complexity index is 397. The van der Waals surface area contributed by atoms with Crippen molar-refractivity contribution in [3.05, 3.63) is 29.3 Å². The lowest BCUT2D eigenvalue weighted by atomic mass is 10.1. The van der Waals surface area contributed by atoms with Gasteiger partial charge in [-0.25, -0.2) is 0 Å². The van der Waals surface area contributed by atoms with E-state index in [9.17, 15) is 4.79 Å². The summed E-state index contributed by atoms with van der Waals surface area (Å²) in [6.45, 7) is 2.09. The molecule has 0 radical (unpaired) electrons. The first kappa shape index (κ1) is 11.0. The summed E-state index contributed by atoms with van der Waals surface area (Å²) in [7, 11) is 1.64. The molecular weight excluding hydrogens is 202 g/mol. The minimum absolute atomic E-state index is 0.0664. The first-order valence-electron chi connectivity index (χ1n) is 5.76. The molecule has 1 fully saturated rings. The molecule has 2 rings (SSSR count). The number of hydrogen-bond acceptors (Lipinski definition) is 2. The molecule has 86 valence electrons. The first-order valence-corrected chi connectivity index (χ1v) is 5.76. The van der Waals surface area contributed by atoms with E-state index in [1.807, 2.05) is 18.2 Å². The molecule has 16 heavy (non-hydrogen) atoms. The monoisotopic (exact) mass is 219 g/mol. The number of hydrogen-bond donors (Lipinski definition) is 1. The van der Waals surface area contributed by atoms with E-state index in [2.05, 4.69) is 12.2 Å². The van der Waals surface area contributed by atoms with Gasteiger partial charge in [-0.2, -0.15) is 0 Å². The zero-order valence-electron chi connectivity index (χ0n) is 9.75. The van der Waals surface area contributed by atoms with Crippen LogP contribution in [-0.2, 0) is 6.42 Å². The highest BCUT2D eigenvalue weighted by Crippen LogP contribution is 2.30. The Morgan fingerprint density at radius 1 is 1.50 bits per heavy atom. The quantitative estimate of drug-likeness (QED) is 0.842. The molecule has 0 unspecified atom stereocenters. The number of carbonyl (C=O) groups excluding carboxylic acids is 1. The maximum absolute atomic E-state index is 11.5. The molecule has 1 N–H and O–H groups in total. The summed E-state index contributed by atoms with van der Waals surface area (Å²) in [4.78, 5) is 11.5. The minimum Gasteiger partial charge on any atom is -0.490 e. The van der Waals surface area contributed by atoms with E-state index in [-0.39, 0.29) is 5.91 Å². The average molecular weight is 219 g/mol. The molecule has 0 aliphatic heterocycles. The largest absolute Gasteiger partial charge is 0.490 e. The zero-order chi connectivity index (χ0) is 11.5. The van der Waals surface area contributed by atoms with Crippen molar-refractivity contribution in [3.8, 4) is 5.75 Å². The molecule has 1 aliphatic rings. The normalized spacial score (nSPS) is 14.6. The molecule has 0 saturated heterocycles. The van der Waals surface area contributed by atoms with Crippen molar-refractivity contribution in [1.29, 1.82) is 0 Å². The summed E-state index contributed by atoms with van der Waals surface area (Å²) in [6.07, 6.45) is 3.56. The lowest BCUT2D eigenvalue weighted by Crippen LogP contribution is -2.18. The molecule has 1 aromatic carbocycles. The molecule has 0 aromatic heterocycles. The van der Waals surface area contributed by atoms with Gasteiger partial charge in [0.05, 0.1) is 6.10 Å². The van der Waals surface area contributed by atoms with E-state index in [4.69, 9.17) is 4.74 Å². The van der Waals surface area contributed by atoms with Gasteiger partial charge in [-0.1, -0.05) is 13.0 Å². The van der Waals surface area contributed by atoms with Crippen LogP contribution in [0.25, 0.3) is 0 Å². The summed E-state index contributed by atoms with van der Waals surface area (Å²) < 4.78 is 5.80. The Labute approximate surface area is 95.8 Å². The molecule has 0 bridgehead atoms. The summed E-state index contributed by atoms with van der Waals surface area (Å²) in [5, 5.41) is 2.62. The number of aryl methyl sites for hydroxylation is 1. The fourth-order valence-electron chi connectivity index (χ4n) is 1.61. The van der Waals surface area contributed by atoms with E-state index >= 15 is 0 Å². The predicted molar refractivity (Wildman–Crippen MR) is 62.9 cm³/mol. The molecule has 0 heterocycles. The second-order valence-electron chi connectivity index (χ2n) is 4.07. The Kier molecular flexibility index (Phi) is 3.13. The van der Waals surface area contributed by atoms with Crippen molar-refractivity contribution in [1.82, 2.24) is 5.32 Å². The van der Waals surface area contributed by atoms with Gasteiger partial charge in [0.2, 0.25) is 0 Å². The van der Waals surface area contributed by atoms with Gasteiger partial charge >= 0.3 is 0 Å². The third-order valence-electron chi connectivity index (χ3n) is 2.76. The summed E-state index contributed by atoms with van der Waals surface area (Å²) >= 11 is 0. The first-order chi connectivity index (χ1) is 7.74. The second kappa shape index (κ2) is 4.56. The maximum Gasteiger partial charge on any atom is 0.251 e. The van der Waals surface area contributed by atoms with E-state index in [0.29, 0.717) is 11.7 Å². The van der Waals surface area contributed by atoms with E-state index in [1.165, 1.54) is 5.56 Å². The third-order valence-corrected chi connectivity index (χ3v) is 2.76. The van der Waals surface area contributed by atoms with Crippen LogP contribution in [0, 0.1) is 0 Å². The lowest BCUT2D eigenvalue weighted by Gasteiger charge is -2.11. The van der Waals surface area contributed by atoms with Crippen LogP contribution in [0.4, 0.5) is 0 Å². The highest BCUT2D eigenvalue weighted by molar-refractivity contribution is 5.94. The molecule has 1 aromatic rings. The SMILES string of the molecule is CCc1ccc(C(=O)NC)cc1OC1CC1. The molecule has 0 spiro atoms. The molecule has 0 atom stereocenters. The average Bonchev–Trinajstić information content (AvgIpc) is 3.12. The van der Waals surface area contributed by atoms with Crippen molar-refractivity contribution >= 4 is 5.91 Å². The minimum atomic E-state index is -0.0664. The van der Waals surface area contributed by atoms with Gasteiger partial charge < -0.3 is 10.1 Å². The van der Waals surface area contributed by atoms with E-state index in [1.54, 1.807) is 7.05 Å². The predicted octanol–water partition coefficient (Wildman–Crippen LogP) is 2.15. The van der Waals surface area contributed by atoms with E-state index < -0.39 is 0 Å². The van der Waals surface area contributed by atoms with Crippen molar-refractivity contribution < 1.29 is 9.53 Å². The van der Waals surface area contributed by atoms with Gasteiger partial charge in [0, 0.05) is 12.6 Å². The van der Waals surface area contributed by atoms with Crippen molar-refractivity contribution in [3.63, 3.8) is 0 Å². The summed E-state index contributed by atoms with van der Waals surface area (Å²) in [6, 6.07) is 5.66. The second-order valence-corrected chi connectivity index (χ2v) is 4.07. The summed E-state index contributed by atoms with van der Waals surface area (Å²) in [5.74, 6) is 0.800. The molecule has 1 amide bonds. The molecule has 1 aliphatic carbocycles. The molecule has 1 saturated carbocycles. The van der Waals surface area contributed by atoms with Gasteiger partial charge in [-0.3, -0.25) is 4.79 Å². The van der Waals surface area contributed by atoms with Gasteiger partial charge in [0.25, 0.3) is 5.91 Å². The molecule has 3 nitrogen and oxygen atoms in total. The van der Waals surface area contributed by atoms with Crippen LogP contribution in [0.5, 0.6) is 5.75 Å².